The SMILES string of the molecule is Cc1c(Cl)cnc2c3c(nn12)CN(C(=O)c1ccc(F)cc1OC1C[C@H]2CC[C@@H](C1)N2CCCO)C3. The number of hydrogen-bond donors (Lipinski definition) is 1. The van der Waals surface area contributed by atoms with Gasteiger partial charge >= 0.3 is 0 Å². The second kappa shape index (κ2) is 9.28. The molecule has 36 heavy (non-hydrogen) atoms. The first-order valence-corrected chi connectivity index (χ1v) is 12.9. The molecule has 3 atom stereocenters. The van der Waals surface area contributed by atoms with Gasteiger partial charge in [0.1, 0.15) is 17.7 Å². The normalized spacial score (nSPS) is 23.4. The number of fused-ring (bicyclic) bond motifs is 5. The number of benzene rings is 1. The fraction of sp³-hybridized carbons (Fsp3) is 0.500. The Balaban J connectivity index is 1.20. The van der Waals surface area contributed by atoms with E-state index in [1.165, 1.54) is 18.2 Å². The van der Waals surface area contributed by atoms with Crippen molar-refractivity contribution in [2.24, 2.45) is 0 Å². The Kier molecular flexibility index (Phi) is 6.09. The highest BCUT2D eigenvalue weighted by molar-refractivity contribution is 6.31. The van der Waals surface area contributed by atoms with E-state index in [9.17, 15) is 14.3 Å². The van der Waals surface area contributed by atoms with Crippen LogP contribution in [0.1, 0.15) is 59.4 Å². The predicted octanol–water partition coefficient (Wildman–Crippen LogP) is 3.74. The largest absolute Gasteiger partial charge is 0.489 e. The molecular formula is C26H29ClFN5O3. The zero-order chi connectivity index (χ0) is 25.0. The van der Waals surface area contributed by atoms with Crippen LogP contribution in [0.4, 0.5) is 4.39 Å². The van der Waals surface area contributed by atoms with Crippen LogP contribution in [0.15, 0.2) is 24.4 Å². The Morgan fingerprint density at radius 1 is 1.25 bits per heavy atom. The standard InChI is InChI=1S/C26H29ClFN5O3/c1-15-22(27)12-29-25-21-13-31(14-23(21)30-33(15)25)26(35)20-6-3-16(28)9-24(20)36-19-10-17-4-5-18(11-19)32(17)7-2-8-34/h3,6,9,12,17-19,34H,2,4-5,7-8,10-11,13-14H2,1H3/t17-,18+,19?. The Morgan fingerprint density at radius 2 is 2.03 bits per heavy atom. The number of aliphatic hydroxyl groups is 1. The van der Waals surface area contributed by atoms with Crippen LogP contribution < -0.4 is 4.74 Å². The molecule has 0 aliphatic carbocycles. The van der Waals surface area contributed by atoms with E-state index < -0.39 is 5.82 Å². The molecule has 0 saturated carbocycles. The van der Waals surface area contributed by atoms with Crippen LogP contribution in [0.5, 0.6) is 5.75 Å². The van der Waals surface area contributed by atoms with Crippen LogP contribution in [0, 0.1) is 12.7 Å². The minimum atomic E-state index is -0.427. The van der Waals surface area contributed by atoms with Gasteiger partial charge in [-0.15, -0.1) is 0 Å². The molecule has 1 unspecified atom stereocenters. The number of carbonyl (C=O) groups is 1. The molecule has 3 aromatic rings. The summed E-state index contributed by atoms with van der Waals surface area (Å²) in [6.45, 7) is 3.69. The van der Waals surface area contributed by atoms with Crippen molar-refractivity contribution >= 4 is 23.2 Å². The summed E-state index contributed by atoms with van der Waals surface area (Å²) in [5.41, 5.74) is 3.55. The van der Waals surface area contributed by atoms with Gasteiger partial charge in [-0.05, 0) is 51.2 Å². The van der Waals surface area contributed by atoms with Gasteiger partial charge in [-0.3, -0.25) is 9.69 Å². The van der Waals surface area contributed by atoms with Gasteiger partial charge in [0.15, 0.2) is 5.65 Å². The third-order valence-electron chi connectivity index (χ3n) is 7.86. The van der Waals surface area contributed by atoms with Crippen molar-refractivity contribution in [1.29, 1.82) is 0 Å². The molecule has 2 fully saturated rings. The molecule has 0 radical (unpaired) electrons. The lowest BCUT2D eigenvalue weighted by atomic mass is 9.99. The number of nitrogens with zero attached hydrogens (tertiary/aromatic N) is 5. The fourth-order valence-electron chi connectivity index (χ4n) is 6.08. The number of aliphatic hydroxyl groups excluding tert-OH is 1. The van der Waals surface area contributed by atoms with Crippen molar-refractivity contribution in [3.63, 3.8) is 0 Å². The average Bonchev–Trinajstić information content (AvgIpc) is 3.49. The monoisotopic (exact) mass is 513 g/mol. The maximum absolute atomic E-state index is 14.3. The zero-order valence-electron chi connectivity index (χ0n) is 20.2. The summed E-state index contributed by atoms with van der Waals surface area (Å²) < 4.78 is 22.3. The van der Waals surface area contributed by atoms with Gasteiger partial charge in [-0.25, -0.2) is 13.9 Å². The highest BCUT2D eigenvalue weighted by Gasteiger charge is 2.41. The van der Waals surface area contributed by atoms with Crippen molar-refractivity contribution in [3.05, 3.63) is 57.8 Å². The molecule has 2 aromatic heterocycles. The molecule has 190 valence electrons. The van der Waals surface area contributed by atoms with E-state index in [-0.39, 0.29) is 18.6 Å². The van der Waals surface area contributed by atoms with E-state index in [0.29, 0.717) is 47.2 Å². The highest BCUT2D eigenvalue weighted by atomic mass is 35.5. The third kappa shape index (κ3) is 4.03. The topological polar surface area (TPSA) is 83.2 Å². The molecular weight excluding hydrogens is 485 g/mol. The summed E-state index contributed by atoms with van der Waals surface area (Å²) >= 11 is 6.19. The minimum Gasteiger partial charge on any atom is -0.489 e. The lowest BCUT2D eigenvalue weighted by molar-refractivity contribution is 0.0445. The van der Waals surface area contributed by atoms with E-state index >= 15 is 0 Å². The second-order valence-electron chi connectivity index (χ2n) is 10.1. The Hall–Kier alpha value is -2.75. The van der Waals surface area contributed by atoms with Gasteiger partial charge in [0.25, 0.3) is 5.91 Å². The van der Waals surface area contributed by atoms with Crippen molar-refractivity contribution in [2.45, 2.75) is 70.3 Å². The van der Waals surface area contributed by atoms with Crippen molar-refractivity contribution in [2.75, 3.05) is 13.2 Å². The smallest absolute Gasteiger partial charge is 0.258 e. The van der Waals surface area contributed by atoms with E-state index in [0.717, 1.165) is 55.6 Å². The highest BCUT2D eigenvalue weighted by Crippen LogP contribution is 2.38. The van der Waals surface area contributed by atoms with Crippen LogP contribution in [0.25, 0.3) is 5.65 Å². The number of aromatic nitrogens is 3. The quantitative estimate of drug-likeness (QED) is 0.540. The molecule has 1 N–H and O–H groups in total. The first-order valence-electron chi connectivity index (χ1n) is 12.6. The molecule has 2 saturated heterocycles. The minimum absolute atomic E-state index is 0.0712. The number of halogens is 2. The van der Waals surface area contributed by atoms with Crippen LogP contribution in [-0.2, 0) is 13.1 Å². The molecule has 10 heteroatoms. The van der Waals surface area contributed by atoms with Gasteiger partial charge in [-0.1, -0.05) is 11.6 Å². The number of hydrogen-bond acceptors (Lipinski definition) is 6. The molecule has 0 spiro atoms. The number of rotatable bonds is 6. The van der Waals surface area contributed by atoms with Crippen molar-refractivity contribution in [1.82, 2.24) is 24.4 Å². The summed E-state index contributed by atoms with van der Waals surface area (Å²) in [5.74, 6) is -0.341. The summed E-state index contributed by atoms with van der Waals surface area (Å²) in [7, 11) is 0. The molecule has 6 rings (SSSR count). The zero-order valence-corrected chi connectivity index (χ0v) is 20.9. The summed E-state index contributed by atoms with van der Waals surface area (Å²) in [4.78, 5) is 22.2. The number of aryl methyl sites for hydroxylation is 1. The molecule has 3 aliphatic rings. The average molecular weight is 514 g/mol. The molecule has 8 nitrogen and oxygen atoms in total. The van der Waals surface area contributed by atoms with E-state index in [2.05, 4.69) is 15.0 Å². The first kappa shape index (κ1) is 23.6. The number of piperidine rings is 1. The third-order valence-corrected chi connectivity index (χ3v) is 8.23. The Labute approximate surface area is 213 Å². The predicted molar refractivity (Wildman–Crippen MR) is 132 cm³/mol. The Morgan fingerprint density at radius 3 is 2.78 bits per heavy atom. The molecule has 2 bridgehead atoms. The molecule has 3 aliphatic heterocycles. The van der Waals surface area contributed by atoms with E-state index in [1.54, 1.807) is 15.6 Å². The second-order valence-corrected chi connectivity index (χ2v) is 10.5. The van der Waals surface area contributed by atoms with Crippen LogP contribution in [-0.4, -0.2) is 66.8 Å². The van der Waals surface area contributed by atoms with Crippen LogP contribution >= 0.6 is 11.6 Å². The van der Waals surface area contributed by atoms with E-state index in [1.807, 2.05) is 6.92 Å². The molecule has 1 amide bonds. The maximum Gasteiger partial charge on any atom is 0.258 e. The fourth-order valence-corrected chi connectivity index (χ4v) is 6.21. The Bertz CT molecular complexity index is 1320. The van der Waals surface area contributed by atoms with E-state index in [4.69, 9.17) is 16.3 Å². The van der Waals surface area contributed by atoms with Gasteiger partial charge in [0, 0.05) is 43.1 Å². The summed E-state index contributed by atoms with van der Waals surface area (Å²) in [5, 5.41) is 14.4. The lowest BCUT2D eigenvalue weighted by Crippen LogP contribution is -2.46. The maximum atomic E-state index is 14.3. The van der Waals surface area contributed by atoms with Gasteiger partial charge in [0.2, 0.25) is 0 Å². The van der Waals surface area contributed by atoms with Crippen LogP contribution in [0.3, 0.4) is 0 Å². The number of carbonyl (C=O) groups excluding carboxylic acids is 1. The van der Waals surface area contributed by atoms with Gasteiger partial charge in [-0.2, -0.15) is 5.10 Å². The van der Waals surface area contributed by atoms with Crippen LogP contribution in [0.2, 0.25) is 5.02 Å². The molecule has 5 heterocycles. The van der Waals surface area contributed by atoms with Gasteiger partial charge in [0.05, 0.1) is 35.1 Å². The van der Waals surface area contributed by atoms with Crippen molar-refractivity contribution in [3.8, 4) is 5.75 Å². The van der Waals surface area contributed by atoms with Crippen molar-refractivity contribution < 1.29 is 19.0 Å². The van der Waals surface area contributed by atoms with Gasteiger partial charge < -0.3 is 14.7 Å². The summed E-state index contributed by atoms with van der Waals surface area (Å²) in [6, 6.07) is 4.96. The number of ether oxygens (including phenoxy) is 1. The first-order chi connectivity index (χ1) is 17.4. The number of amides is 1. The molecule has 1 aromatic carbocycles. The summed E-state index contributed by atoms with van der Waals surface area (Å²) in [6.07, 6.45) is 6.20. The lowest BCUT2D eigenvalue weighted by Gasteiger charge is -2.39.